The summed E-state index contributed by atoms with van der Waals surface area (Å²) in [5, 5.41) is 3.97. The first-order valence-electron chi connectivity index (χ1n) is 6.30. The van der Waals surface area contributed by atoms with E-state index in [1.165, 1.54) is 0 Å². The Morgan fingerprint density at radius 3 is 2.70 bits per heavy atom. The first kappa shape index (κ1) is 17.6. The number of carbonyl (C=O) groups excluding carboxylic acids is 1. The van der Waals surface area contributed by atoms with Crippen LogP contribution in [-0.4, -0.2) is 18.0 Å². The van der Waals surface area contributed by atoms with E-state index >= 15 is 0 Å². The van der Waals surface area contributed by atoms with Crippen LogP contribution in [0.2, 0.25) is 10.0 Å². The molecule has 3 nitrogen and oxygen atoms in total. The molecule has 0 bridgehead atoms. The fraction of sp³-hybridized carbons (Fsp3) is 0.500. The molecule has 2 unspecified atom stereocenters. The van der Waals surface area contributed by atoms with Crippen molar-refractivity contribution in [2.45, 2.75) is 31.7 Å². The Morgan fingerprint density at radius 2 is 2.10 bits per heavy atom. The van der Waals surface area contributed by atoms with Crippen LogP contribution in [0.15, 0.2) is 18.2 Å². The zero-order chi connectivity index (χ0) is 14.2. The molecule has 1 aromatic carbocycles. The Hall–Kier alpha value is -0.480. The summed E-state index contributed by atoms with van der Waals surface area (Å²) in [5.41, 5.74) is 6.41. The first-order valence-corrected chi connectivity index (χ1v) is 7.05. The Labute approximate surface area is 135 Å². The van der Waals surface area contributed by atoms with Crippen LogP contribution in [0.5, 0.6) is 0 Å². The minimum absolute atomic E-state index is 0. The van der Waals surface area contributed by atoms with Gasteiger partial charge in [0.25, 0.3) is 0 Å². The highest BCUT2D eigenvalue weighted by Gasteiger charge is 2.45. The van der Waals surface area contributed by atoms with Gasteiger partial charge in [-0.15, -0.1) is 12.4 Å². The molecule has 0 saturated heterocycles. The highest BCUT2D eigenvalue weighted by atomic mass is 35.5. The predicted octanol–water partition coefficient (Wildman–Crippen LogP) is 3.37. The first-order chi connectivity index (χ1) is 8.79. The minimum atomic E-state index is -0.395. The second-order valence-corrected chi connectivity index (χ2v) is 6.58. The zero-order valence-electron chi connectivity index (χ0n) is 11.5. The third-order valence-electron chi connectivity index (χ3n) is 3.23. The number of hydrogen-bond donors (Lipinski definition) is 2. The number of hydrogen-bond acceptors (Lipinski definition) is 2. The lowest BCUT2D eigenvalue weighted by Crippen LogP contribution is -2.45. The zero-order valence-corrected chi connectivity index (χ0v) is 13.8. The van der Waals surface area contributed by atoms with Gasteiger partial charge in [0.05, 0.1) is 10.0 Å². The molecular weight excluding hydrogens is 319 g/mol. The third kappa shape index (κ3) is 4.26. The van der Waals surface area contributed by atoms with E-state index in [9.17, 15) is 4.79 Å². The lowest BCUT2D eigenvalue weighted by Gasteiger charge is -2.18. The summed E-state index contributed by atoms with van der Waals surface area (Å²) >= 11 is 12.1. The van der Waals surface area contributed by atoms with Crippen LogP contribution in [0.4, 0.5) is 0 Å². The van der Waals surface area contributed by atoms with Gasteiger partial charge in [0.15, 0.2) is 0 Å². The average Bonchev–Trinajstić information content (AvgIpc) is 3.09. The third-order valence-corrected chi connectivity index (χ3v) is 4.06. The molecule has 2 atom stereocenters. The number of carbonyl (C=O) groups is 1. The van der Waals surface area contributed by atoms with E-state index in [2.05, 4.69) is 5.32 Å². The Morgan fingerprint density at radius 1 is 1.45 bits per heavy atom. The van der Waals surface area contributed by atoms with Gasteiger partial charge in [0.1, 0.15) is 0 Å². The average molecular weight is 338 g/mol. The monoisotopic (exact) mass is 336 g/mol. The van der Waals surface area contributed by atoms with Gasteiger partial charge in [0.2, 0.25) is 5.91 Å². The highest BCUT2D eigenvalue weighted by Crippen LogP contribution is 2.50. The van der Waals surface area contributed by atoms with E-state index in [0.717, 1.165) is 12.0 Å². The lowest BCUT2D eigenvalue weighted by molar-refractivity contribution is -0.122. The van der Waals surface area contributed by atoms with E-state index in [4.69, 9.17) is 28.9 Å². The van der Waals surface area contributed by atoms with Gasteiger partial charge in [-0.1, -0.05) is 35.3 Å². The number of rotatable bonds is 4. The number of halogens is 3. The molecule has 1 fully saturated rings. The fourth-order valence-electron chi connectivity index (χ4n) is 2.08. The van der Waals surface area contributed by atoms with Gasteiger partial charge < -0.3 is 11.1 Å². The van der Waals surface area contributed by atoms with E-state index in [0.29, 0.717) is 16.6 Å². The summed E-state index contributed by atoms with van der Waals surface area (Å²) in [6, 6.07) is 5.54. The van der Waals surface area contributed by atoms with Crippen molar-refractivity contribution in [1.82, 2.24) is 5.32 Å². The summed E-state index contributed by atoms with van der Waals surface area (Å²) in [4.78, 5) is 12.0. The lowest BCUT2D eigenvalue weighted by atomic mass is 10.1. The van der Waals surface area contributed by atoms with Gasteiger partial charge in [-0.25, -0.2) is 0 Å². The quantitative estimate of drug-likeness (QED) is 0.885. The van der Waals surface area contributed by atoms with Crippen LogP contribution in [0.3, 0.4) is 0 Å². The van der Waals surface area contributed by atoms with Crippen LogP contribution in [0, 0.1) is 5.92 Å². The van der Waals surface area contributed by atoms with E-state index in [1.54, 1.807) is 6.07 Å². The molecule has 2 rings (SSSR count). The summed E-state index contributed by atoms with van der Waals surface area (Å²) < 4.78 is 0. The van der Waals surface area contributed by atoms with Crippen molar-refractivity contribution in [3.8, 4) is 0 Å². The molecule has 0 radical (unpaired) electrons. The van der Waals surface area contributed by atoms with E-state index in [1.807, 2.05) is 26.0 Å². The SMILES string of the molecule is CC(C)(N)CNC(=O)C1CC1c1cccc(Cl)c1Cl.Cl. The van der Waals surface area contributed by atoms with Crippen LogP contribution in [0.1, 0.15) is 31.7 Å². The van der Waals surface area contributed by atoms with Crippen molar-refractivity contribution in [1.29, 1.82) is 0 Å². The topological polar surface area (TPSA) is 55.1 Å². The molecule has 0 spiro atoms. The van der Waals surface area contributed by atoms with Crippen LogP contribution in [0.25, 0.3) is 0 Å². The Kier molecular flexibility index (Phi) is 5.73. The molecule has 1 aromatic rings. The summed E-state index contributed by atoms with van der Waals surface area (Å²) in [7, 11) is 0. The molecule has 1 aliphatic rings. The Balaban J connectivity index is 0.00000200. The smallest absolute Gasteiger partial charge is 0.223 e. The molecule has 1 saturated carbocycles. The standard InChI is InChI=1S/C14H18Cl2N2O.ClH/c1-14(2,17)7-18-13(19)10-6-9(10)8-4-3-5-11(15)12(8)16;/h3-5,9-10H,6-7,17H2,1-2H3,(H,18,19);1H. The van der Waals surface area contributed by atoms with Gasteiger partial charge in [-0.3, -0.25) is 4.79 Å². The van der Waals surface area contributed by atoms with Gasteiger partial charge in [0, 0.05) is 18.0 Å². The molecule has 0 heterocycles. The maximum absolute atomic E-state index is 12.0. The number of nitrogens with one attached hydrogen (secondary N) is 1. The van der Waals surface area contributed by atoms with Crippen molar-refractivity contribution in [3.63, 3.8) is 0 Å². The second-order valence-electron chi connectivity index (χ2n) is 5.80. The number of amides is 1. The highest BCUT2D eigenvalue weighted by molar-refractivity contribution is 6.42. The van der Waals surface area contributed by atoms with Crippen molar-refractivity contribution < 1.29 is 4.79 Å². The van der Waals surface area contributed by atoms with Crippen LogP contribution < -0.4 is 11.1 Å². The van der Waals surface area contributed by atoms with Crippen molar-refractivity contribution >= 4 is 41.5 Å². The molecule has 112 valence electrons. The molecule has 3 N–H and O–H groups in total. The molecule has 0 aliphatic heterocycles. The molecule has 20 heavy (non-hydrogen) atoms. The fourth-order valence-corrected chi connectivity index (χ4v) is 2.53. The molecule has 1 amide bonds. The number of benzene rings is 1. The number of nitrogens with two attached hydrogens (primary N) is 1. The van der Waals surface area contributed by atoms with Crippen LogP contribution in [-0.2, 0) is 4.79 Å². The van der Waals surface area contributed by atoms with Crippen molar-refractivity contribution in [3.05, 3.63) is 33.8 Å². The van der Waals surface area contributed by atoms with Crippen molar-refractivity contribution in [2.75, 3.05) is 6.54 Å². The van der Waals surface area contributed by atoms with Gasteiger partial charge in [-0.05, 0) is 37.8 Å². The summed E-state index contributed by atoms with van der Waals surface area (Å²) in [6.45, 7) is 4.23. The second kappa shape index (κ2) is 6.52. The molecular formula is C14H19Cl3N2O. The maximum atomic E-state index is 12.0. The predicted molar refractivity (Wildman–Crippen MR) is 85.8 cm³/mol. The van der Waals surface area contributed by atoms with Gasteiger partial charge >= 0.3 is 0 Å². The molecule has 6 heteroatoms. The Bertz CT molecular complexity index is 500. The normalized spacial score (nSPS) is 21.1. The van der Waals surface area contributed by atoms with Gasteiger partial charge in [-0.2, -0.15) is 0 Å². The summed E-state index contributed by atoms with van der Waals surface area (Å²) in [5.74, 6) is 0.199. The van der Waals surface area contributed by atoms with E-state index < -0.39 is 5.54 Å². The van der Waals surface area contributed by atoms with E-state index in [-0.39, 0.29) is 30.2 Å². The van der Waals surface area contributed by atoms with Crippen molar-refractivity contribution in [2.24, 2.45) is 11.7 Å². The van der Waals surface area contributed by atoms with Crippen LogP contribution >= 0.6 is 35.6 Å². The minimum Gasteiger partial charge on any atom is -0.354 e. The maximum Gasteiger partial charge on any atom is 0.223 e. The summed E-state index contributed by atoms with van der Waals surface area (Å²) in [6.07, 6.45) is 0.816. The largest absolute Gasteiger partial charge is 0.354 e. The molecule has 0 aromatic heterocycles. The molecule has 1 aliphatic carbocycles.